The van der Waals surface area contributed by atoms with Crippen molar-refractivity contribution in [2.75, 3.05) is 7.11 Å². The van der Waals surface area contributed by atoms with E-state index in [0.29, 0.717) is 11.1 Å². The fraction of sp³-hybridized carbons (Fsp3) is 0.0714. The first-order valence-electron chi connectivity index (χ1n) is 5.48. The van der Waals surface area contributed by atoms with Crippen LogP contribution in [0.1, 0.15) is 20.7 Å². The smallest absolute Gasteiger partial charge is 0.341 e. The average Bonchev–Trinajstić information content (AvgIpc) is 2.46. The second-order valence-electron chi connectivity index (χ2n) is 3.83. The lowest BCUT2D eigenvalue weighted by atomic mass is 10.0. The minimum Gasteiger partial charge on any atom is -0.480 e. The molecule has 0 aliphatic carbocycles. The molecule has 0 bridgehead atoms. The third kappa shape index (κ3) is 2.60. The third-order valence-corrected chi connectivity index (χ3v) is 2.63. The number of methoxy groups -OCH3 is 1. The minimum atomic E-state index is -1.11. The number of rotatable bonds is 4. The van der Waals surface area contributed by atoms with Crippen LogP contribution in [0.3, 0.4) is 0 Å². The van der Waals surface area contributed by atoms with Gasteiger partial charge in [0.15, 0.2) is 0 Å². The SMILES string of the molecule is COc1ncc(-c2cccc(C=O)c2)cc1C(=O)O. The van der Waals surface area contributed by atoms with Crippen LogP contribution in [0.5, 0.6) is 5.88 Å². The molecular formula is C14H11NO4. The van der Waals surface area contributed by atoms with E-state index in [2.05, 4.69) is 4.98 Å². The Hall–Kier alpha value is -2.69. The van der Waals surface area contributed by atoms with Crippen molar-refractivity contribution >= 4 is 12.3 Å². The number of nitrogens with zero attached hydrogens (tertiary/aromatic N) is 1. The van der Waals surface area contributed by atoms with Crippen molar-refractivity contribution in [3.8, 4) is 17.0 Å². The fourth-order valence-electron chi connectivity index (χ4n) is 1.72. The normalized spacial score (nSPS) is 9.95. The van der Waals surface area contributed by atoms with E-state index >= 15 is 0 Å². The summed E-state index contributed by atoms with van der Waals surface area (Å²) in [5.41, 5.74) is 1.84. The van der Waals surface area contributed by atoms with Gasteiger partial charge in [-0.15, -0.1) is 0 Å². The van der Waals surface area contributed by atoms with Crippen LogP contribution in [0, 0.1) is 0 Å². The van der Waals surface area contributed by atoms with Gasteiger partial charge < -0.3 is 9.84 Å². The van der Waals surface area contributed by atoms with E-state index in [9.17, 15) is 9.59 Å². The summed E-state index contributed by atoms with van der Waals surface area (Å²) in [6.07, 6.45) is 2.24. The summed E-state index contributed by atoms with van der Waals surface area (Å²) in [5, 5.41) is 9.09. The summed E-state index contributed by atoms with van der Waals surface area (Å²) in [7, 11) is 1.36. The van der Waals surface area contributed by atoms with Crippen molar-refractivity contribution in [1.82, 2.24) is 4.98 Å². The van der Waals surface area contributed by atoms with E-state index in [1.807, 2.05) is 0 Å². The van der Waals surface area contributed by atoms with Crippen LogP contribution in [-0.4, -0.2) is 29.5 Å². The predicted octanol–water partition coefficient (Wildman–Crippen LogP) is 2.27. The lowest BCUT2D eigenvalue weighted by molar-refractivity contribution is 0.0692. The van der Waals surface area contributed by atoms with Crippen LogP contribution >= 0.6 is 0 Å². The number of hydrogen-bond acceptors (Lipinski definition) is 4. The number of carbonyl (C=O) groups is 2. The highest BCUT2D eigenvalue weighted by molar-refractivity contribution is 5.92. The number of benzene rings is 1. The highest BCUT2D eigenvalue weighted by atomic mass is 16.5. The molecule has 2 rings (SSSR count). The molecular weight excluding hydrogens is 246 g/mol. The zero-order valence-corrected chi connectivity index (χ0v) is 10.2. The van der Waals surface area contributed by atoms with Gasteiger partial charge in [-0.3, -0.25) is 4.79 Å². The highest BCUT2D eigenvalue weighted by Gasteiger charge is 2.13. The first-order valence-corrected chi connectivity index (χ1v) is 5.48. The van der Waals surface area contributed by atoms with Gasteiger partial charge in [0.2, 0.25) is 5.88 Å². The lowest BCUT2D eigenvalue weighted by Gasteiger charge is -2.07. The number of aromatic nitrogens is 1. The number of pyridine rings is 1. The molecule has 0 radical (unpaired) electrons. The molecule has 96 valence electrons. The molecule has 19 heavy (non-hydrogen) atoms. The van der Waals surface area contributed by atoms with Gasteiger partial charge >= 0.3 is 5.97 Å². The zero-order chi connectivity index (χ0) is 13.8. The van der Waals surface area contributed by atoms with Crippen LogP contribution in [0.2, 0.25) is 0 Å². The number of ether oxygens (including phenoxy) is 1. The molecule has 0 saturated heterocycles. The fourth-order valence-corrected chi connectivity index (χ4v) is 1.72. The first kappa shape index (κ1) is 12.8. The summed E-state index contributed by atoms with van der Waals surface area (Å²) in [6, 6.07) is 8.32. The van der Waals surface area contributed by atoms with Crippen LogP contribution < -0.4 is 4.74 Å². The molecule has 0 aliphatic rings. The van der Waals surface area contributed by atoms with Crippen molar-refractivity contribution in [3.63, 3.8) is 0 Å². The van der Waals surface area contributed by atoms with Crippen molar-refractivity contribution in [2.24, 2.45) is 0 Å². The van der Waals surface area contributed by atoms with E-state index < -0.39 is 5.97 Å². The van der Waals surface area contributed by atoms with Gasteiger partial charge in [-0.1, -0.05) is 18.2 Å². The summed E-state index contributed by atoms with van der Waals surface area (Å²) >= 11 is 0. The Morgan fingerprint density at radius 1 is 1.32 bits per heavy atom. The maximum Gasteiger partial charge on any atom is 0.341 e. The Morgan fingerprint density at radius 3 is 2.74 bits per heavy atom. The van der Waals surface area contributed by atoms with E-state index in [4.69, 9.17) is 9.84 Å². The largest absolute Gasteiger partial charge is 0.480 e. The molecule has 1 heterocycles. The van der Waals surface area contributed by atoms with Gasteiger partial charge in [-0.05, 0) is 17.7 Å². The van der Waals surface area contributed by atoms with Crippen LogP contribution in [0.4, 0.5) is 0 Å². The van der Waals surface area contributed by atoms with Crippen LogP contribution in [-0.2, 0) is 0 Å². The van der Waals surface area contributed by atoms with Crippen molar-refractivity contribution in [3.05, 3.63) is 47.7 Å². The van der Waals surface area contributed by atoms with Crippen LogP contribution in [0.25, 0.3) is 11.1 Å². The van der Waals surface area contributed by atoms with Gasteiger partial charge in [0.05, 0.1) is 7.11 Å². The van der Waals surface area contributed by atoms with E-state index in [1.54, 1.807) is 24.3 Å². The van der Waals surface area contributed by atoms with Gasteiger partial charge in [0.1, 0.15) is 11.8 Å². The number of aldehydes is 1. The molecule has 5 nitrogen and oxygen atoms in total. The molecule has 1 N–H and O–H groups in total. The van der Waals surface area contributed by atoms with Gasteiger partial charge in [0, 0.05) is 17.3 Å². The van der Waals surface area contributed by atoms with E-state index in [0.717, 1.165) is 11.8 Å². The Balaban J connectivity index is 2.53. The maximum absolute atomic E-state index is 11.1. The Bertz CT molecular complexity index is 637. The van der Waals surface area contributed by atoms with Crippen molar-refractivity contribution < 1.29 is 19.4 Å². The Morgan fingerprint density at radius 2 is 2.11 bits per heavy atom. The maximum atomic E-state index is 11.1. The van der Waals surface area contributed by atoms with Crippen LogP contribution in [0.15, 0.2) is 36.5 Å². The molecule has 0 fully saturated rings. The summed E-state index contributed by atoms with van der Waals surface area (Å²) in [5.74, 6) is -1.06. The summed E-state index contributed by atoms with van der Waals surface area (Å²) in [6.45, 7) is 0. The van der Waals surface area contributed by atoms with Gasteiger partial charge in [0.25, 0.3) is 0 Å². The van der Waals surface area contributed by atoms with Crippen molar-refractivity contribution in [2.45, 2.75) is 0 Å². The van der Waals surface area contributed by atoms with E-state index in [1.165, 1.54) is 19.4 Å². The number of carboxylic acids is 1. The molecule has 0 spiro atoms. The minimum absolute atomic E-state index is 0.0171. The van der Waals surface area contributed by atoms with Gasteiger partial charge in [-0.25, -0.2) is 9.78 Å². The highest BCUT2D eigenvalue weighted by Crippen LogP contribution is 2.24. The molecule has 0 aliphatic heterocycles. The molecule has 0 saturated carbocycles. The number of aromatic carboxylic acids is 1. The lowest BCUT2D eigenvalue weighted by Crippen LogP contribution is -2.02. The van der Waals surface area contributed by atoms with Crippen molar-refractivity contribution in [1.29, 1.82) is 0 Å². The molecule has 1 aromatic carbocycles. The molecule has 5 heteroatoms. The molecule has 0 amide bonds. The monoisotopic (exact) mass is 257 g/mol. The number of carbonyl (C=O) groups excluding carboxylic acids is 1. The van der Waals surface area contributed by atoms with E-state index in [-0.39, 0.29) is 11.4 Å². The quantitative estimate of drug-likeness (QED) is 0.850. The summed E-state index contributed by atoms with van der Waals surface area (Å²) in [4.78, 5) is 25.8. The first-order chi connectivity index (χ1) is 9.15. The second-order valence-corrected chi connectivity index (χ2v) is 3.83. The predicted molar refractivity (Wildman–Crippen MR) is 68.6 cm³/mol. The Labute approximate surface area is 109 Å². The topological polar surface area (TPSA) is 76.5 Å². The standard InChI is InChI=1S/C14H11NO4/c1-19-13-12(14(17)18)6-11(7-15-13)10-4-2-3-9(5-10)8-16/h2-8H,1H3,(H,17,18). The number of hydrogen-bond donors (Lipinski definition) is 1. The molecule has 2 aromatic rings. The second kappa shape index (κ2) is 5.30. The Kier molecular flexibility index (Phi) is 3.56. The van der Waals surface area contributed by atoms with Gasteiger partial charge in [-0.2, -0.15) is 0 Å². The molecule has 1 aromatic heterocycles. The molecule has 0 unspecified atom stereocenters. The zero-order valence-electron chi connectivity index (χ0n) is 10.2. The molecule has 0 atom stereocenters. The third-order valence-electron chi connectivity index (χ3n) is 2.63. The average molecular weight is 257 g/mol. The number of carboxylic acid groups (broad SMARTS) is 1. The summed E-state index contributed by atoms with van der Waals surface area (Å²) < 4.78 is 4.89.